The third-order valence-corrected chi connectivity index (χ3v) is 9.08. The molecule has 0 bridgehead atoms. The summed E-state index contributed by atoms with van der Waals surface area (Å²) in [7, 11) is -1.43. The Labute approximate surface area is 196 Å². The molecule has 6 nitrogen and oxygen atoms in total. The number of benzene rings is 1. The average Bonchev–Trinajstić information content (AvgIpc) is 3.32. The summed E-state index contributed by atoms with van der Waals surface area (Å²) in [6.45, 7) is 2.57. The second-order valence-electron chi connectivity index (χ2n) is 7.89. The molecular formula is C20H31IN4O2S2. The number of nitrogens with zero attached hydrogens (tertiary/aromatic N) is 3. The van der Waals surface area contributed by atoms with Gasteiger partial charge in [-0.05, 0) is 24.5 Å². The Morgan fingerprint density at radius 2 is 1.90 bits per heavy atom. The molecule has 9 heteroatoms. The highest BCUT2D eigenvalue weighted by atomic mass is 127. The van der Waals surface area contributed by atoms with Crippen molar-refractivity contribution in [2.45, 2.75) is 31.1 Å². The molecular weight excluding hydrogens is 519 g/mol. The molecule has 0 radical (unpaired) electrons. The topological polar surface area (TPSA) is 65.0 Å². The number of rotatable bonds is 4. The molecule has 1 saturated heterocycles. The van der Waals surface area contributed by atoms with Crippen molar-refractivity contribution >= 4 is 57.4 Å². The summed E-state index contributed by atoms with van der Waals surface area (Å²) < 4.78 is 26.8. The van der Waals surface area contributed by atoms with E-state index in [0.29, 0.717) is 19.6 Å². The SMILES string of the molecule is CN=C(NCCS(=O)(=O)N1CCSCC1)N1CC2(CCCC2)c2ccccc21.I. The van der Waals surface area contributed by atoms with Gasteiger partial charge in [0.05, 0.1) is 5.75 Å². The van der Waals surface area contributed by atoms with Crippen molar-refractivity contribution in [1.29, 1.82) is 0 Å². The third kappa shape index (κ3) is 4.72. The van der Waals surface area contributed by atoms with Crippen molar-refractivity contribution in [3.8, 4) is 0 Å². The molecule has 2 heterocycles. The van der Waals surface area contributed by atoms with Crippen molar-refractivity contribution < 1.29 is 8.42 Å². The van der Waals surface area contributed by atoms with E-state index < -0.39 is 10.0 Å². The molecule has 1 N–H and O–H groups in total. The molecule has 4 rings (SSSR count). The minimum atomic E-state index is -3.21. The molecule has 0 unspecified atom stereocenters. The Hall–Kier alpha value is -0.520. The van der Waals surface area contributed by atoms with Crippen LogP contribution in [-0.4, -0.2) is 69.2 Å². The van der Waals surface area contributed by atoms with Gasteiger partial charge in [-0.2, -0.15) is 11.8 Å². The standard InChI is InChI=1S/C20H30N4O2S2.HI/c1-21-19(22-10-15-28(25,26)23-11-13-27-14-12-23)24-16-20(8-4-5-9-20)17-6-2-3-7-18(17)24;/h2-3,6-7H,4-5,8-16H2,1H3,(H,21,22);1H. The second-order valence-corrected chi connectivity index (χ2v) is 11.2. The van der Waals surface area contributed by atoms with E-state index in [1.165, 1.54) is 36.9 Å². The van der Waals surface area contributed by atoms with Gasteiger partial charge in [0.1, 0.15) is 0 Å². The molecule has 0 amide bonds. The molecule has 1 aromatic carbocycles. The fourth-order valence-corrected chi connectivity index (χ4v) is 7.33. The van der Waals surface area contributed by atoms with Crippen LogP contribution < -0.4 is 10.2 Å². The van der Waals surface area contributed by atoms with Gasteiger partial charge in [-0.3, -0.25) is 4.99 Å². The molecule has 2 fully saturated rings. The van der Waals surface area contributed by atoms with E-state index in [1.54, 1.807) is 11.4 Å². The highest BCUT2D eigenvalue weighted by Gasteiger charge is 2.45. The lowest BCUT2D eigenvalue weighted by Crippen LogP contribution is -2.46. The van der Waals surface area contributed by atoms with Crippen LogP contribution >= 0.6 is 35.7 Å². The van der Waals surface area contributed by atoms with E-state index in [1.807, 2.05) is 11.8 Å². The maximum Gasteiger partial charge on any atom is 0.215 e. The number of guanidine groups is 1. The summed E-state index contributed by atoms with van der Waals surface area (Å²) in [6.07, 6.45) is 5.00. The monoisotopic (exact) mass is 550 g/mol. The van der Waals surface area contributed by atoms with E-state index >= 15 is 0 Å². The number of thioether (sulfide) groups is 1. The Balaban J connectivity index is 0.00000240. The molecule has 0 aromatic heterocycles. The fourth-order valence-electron chi connectivity index (χ4n) is 4.84. The van der Waals surface area contributed by atoms with Crippen LogP contribution in [0.2, 0.25) is 0 Å². The summed E-state index contributed by atoms with van der Waals surface area (Å²) in [6, 6.07) is 8.62. The predicted octanol–water partition coefficient (Wildman–Crippen LogP) is 2.89. The van der Waals surface area contributed by atoms with Gasteiger partial charge >= 0.3 is 0 Å². The Morgan fingerprint density at radius 3 is 2.59 bits per heavy atom. The van der Waals surface area contributed by atoms with Crippen LogP contribution in [0.5, 0.6) is 0 Å². The lowest BCUT2D eigenvalue weighted by molar-refractivity contribution is 0.443. The minimum absolute atomic E-state index is 0. The highest BCUT2D eigenvalue weighted by Crippen LogP contribution is 2.50. The molecule has 3 aliphatic rings. The van der Waals surface area contributed by atoms with Crippen LogP contribution in [0.4, 0.5) is 5.69 Å². The predicted molar refractivity (Wildman–Crippen MR) is 133 cm³/mol. The first-order valence-corrected chi connectivity index (χ1v) is 13.0. The summed E-state index contributed by atoms with van der Waals surface area (Å²) in [5.41, 5.74) is 2.87. The zero-order chi connectivity index (χ0) is 19.6. The van der Waals surface area contributed by atoms with Crippen LogP contribution in [0.3, 0.4) is 0 Å². The fraction of sp³-hybridized carbons (Fsp3) is 0.650. The van der Waals surface area contributed by atoms with Crippen molar-refractivity contribution in [3.05, 3.63) is 29.8 Å². The van der Waals surface area contributed by atoms with Crippen LogP contribution in [0.25, 0.3) is 0 Å². The molecule has 1 aliphatic carbocycles. The van der Waals surface area contributed by atoms with E-state index in [4.69, 9.17) is 0 Å². The second kappa shape index (κ2) is 9.74. The van der Waals surface area contributed by atoms with E-state index in [2.05, 4.69) is 39.5 Å². The molecule has 29 heavy (non-hydrogen) atoms. The van der Waals surface area contributed by atoms with Crippen LogP contribution in [-0.2, 0) is 15.4 Å². The number of fused-ring (bicyclic) bond motifs is 2. The van der Waals surface area contributed by atoms with Crippen LogP contribution in [0, 0.1) is 0 Å². The van der Waals surface area contributed by atoms with Gasteiger partial charge in [-0.15, -0.1) is 24.0 Å². The largest absolute Gasteiger partial charge is 0.355 e. The van der Waals surface area contributed by atoms with Gasteiger partial charge in [0.2, 0.25) is 10.0 Å². The lowest BCUT2D eigenvalue weighted by Gasteiger charge is -2.28. The molecule has 1 aromatic rings. The minimum Gasteiger partial charge on any atom is -0.355 e. The first-order valence-electron chi connectivity index (χ1n) is 10.2. The highest BCUT2D eigenvalue weighted by molar-refractivity contribution is 14.0. The van der Waals surface area contributed by atoms with Crippen LogP contribution in [0.1, 0.15) is 31.2 Å². The number of hydrogen-bond acceptors (Lipinski definition) is 4. The number of aliphatic imine (C=N–C) groups is 1. The van der Waals surface area contributed by atoms with Crippen molar-refractivity contribution in [2.75, 3.05) is 55.4 Å². The van der Waals surface area contributed by atoms with Crippen molar-refractivity contribution in [2.24, 2.45) is 4.99 Å². The number of para-hydroxylation sites is 1. The van der Waals surface area contributed by atoms with Crippen molar-refractivity contribution in [3.63, 3.8) is 0 Å². The lowest BCUT2D eigenvalue weighted by atomic mass is 9.81. The van der Waals surface area contributed by atoms with Gasteiger partial charge in [-0.1, -0.05) is 31.0 Å². The number of sulfonamides is 1. The number of anilines is 1. The maximum absolute atomic E-state index is 12.6. The van der Waals surface area contributed by atoms with E-state index in [0.717, 1.165) is 24.0 Å². The van der Waals surface area contributed by atoms with E-state index in [-0.39, 0.29) is 35.1 Å². The average molecular weight is 551 g/mol. The van der Waals surface area contributed by atoms with E-state index in [9.17, 15) is 8.42 Å². The molecule has 0 atom stereocenters. The third-order valence-electron chi connectivity index (χ3n) is 6.26. The zero-order valence-corrected chi connectivity index (χ0v) is 20.9. The Morgan fingerprint density at radius 1 is 1.21 bits per heavy atom. The summed E-state index contributed by atoms with van der Waals surface area (Å²) in [4.78, 5) is 6.73. The zero-order valence-electron chi connectivity index (χ0n) is 17.0. The first-order chi connectivity index (χ1) is 13.6. The smallest absolute Gasteiger partial charge is 0.215 e. The number of nitrogens with one attached hydrogen (secondary N) is 1. The molecule has 1 spiro atoms. The summed E-state index contributed by atoms with van der Waals surface area (Å²) >= 11 is 1.82. The molecule has 2 aliphatic heterocycles. The first kappa shape index (κ1) is 23.1. The van der Waals surface area contributed by atoms with Gasteiger partial charge in [0.25, 0.3) is 0 Å². The Bertz CT molecular complexity index is 835. The normalized spacial score (nSPS) is 21.8. The van der Waals surface area contributed by atoms with Crippen LogP contribution in [0.15, 0.2) is 29.3 Å². The number of halogens is 1. The quantitative estimate of drug-likeness (QED) is 0.355. The van der Waals surface area contributed by atoms with Gasteiger partial charge < -0.3 is 10.2 Å². The summed E-state index contributed by atoms with van der Waals surface area (Å²) in [5, 5.41) is 3.32. The number of hydrogen-bond donors (Lipinski definition) is 1. The molecule has 162 valence electrons. The van der Waals surface area contributed by atoms with Gasteiger partial charge in [0, 0.05) is 55.8 Å². The van der Waals surface area contributed by atoms with Crippen molar-refractivity contribution in [1.82, 2.24) is 9.62 Å². The Kier molecular flexibility index (Phi) is 7.77. The van der Waals surface area contributed by atoms with Gasteiger partial charge in [-0.25, -0.2) is 12.7 Å². The summed E-state index contributed by atoms with van der Waals surface area (Å²) in [5.74, 6) is 2.67. The van der Waals surface area contributed by atoms with Gasteiger partial charge in [0.15, 0.2) is 5.96 Å². The maximum atomic E-state index is 12.6. The molecule has 1 saturated carbocycles.